The number of hydrogen-bond donors (Lipinski definition) is 1. The number of nitrogens with two attached hydrogens (primary N) is 1. The Morgan fingerprint density at radius 3 is 2.90 bits per heavy atom. The molecular weight excluding hydrogens is 268 g/mol. The molecule has 0 fully saturated rings. The molecular formula is C14H18N6O. The van der Waals surface area contributed by atoms with E-state index in [9.17, 15) is 0 Å². The summed E-state index contributed by atoms with van der Waals surface area (Å²) in [5, 5.41) is 8.08. The summed E-state index contributed by atoms with van der Waals surface area (Å²) in [5.74, 6) is 0.932. The van der Waals surface area contributed by atoms with Crippen LogP contribution >= 0.6 is 0 Å². The molecule has 7 nitrogen and oxygen atoms in total. The lowest BCUT2D eigenvalue weighted by Gasteiger charge is -2.08. The summed E-state index contributed by atoms with van der Waals surface area (Å²) >= 11 is 0. The molecule has 7 heteroatoms. The number of hydrogen-bond acceptors (Lipinski definition) is 5. The average Bonchev–Trinajstić information content (AvgIpc) is 3.09. The number of imidazole rings is 1. The first kappa shape index (κ1) is 13.7. The van der Waals surface area contributed by atoms with Crippen molar-refractivity contribution in [3.63, 3.8) is 0 Å². The quantitative estimate of drug-likeness (QED) is 0.724. The third-order valence-corrected chi connectivity index (χ3v) is 3.35. The first-order valence-corrected chi connectivity index (χ1v) is 6.84. The minimum atomic E-state index is 0.389. The maximum atomic E-state index is 5.56. The number of aromatic nitrogens is 5. The lowest BCUT2D eigenvalue weighted by Crippen LogP contribution is -2.12. The molecule has 0 saturated heterocycles. The summed E-state index contributed by atoms with van der Waals surface area (Å²) in [4.78, 5) is 4.68. The Balaban J connectivity index is 1.95. The standard InChI is InChI=1S/C14H18N6O/c1-21-7-6-20-13-5-3-2-4-12(13)16-14(20)10-19-9-11(8-15)17-18-19/h2-5,9H,6-8,10,15H2,1H3. The summed E-state index contributed by atoms with van der Waals surface area (Å²) in [6.07, 6.45) is 1.85. The first-order valence-electron chi connectivity index (χ1n) is 6.84. The lowest BCUT2D eigenvalue weighted by atomic mass is 10.3. The van der Waals surface area contributed by atoms with E-state index in [1.165, 1.54) is 0 Å². The van der Waals surface area contributed by atoms with Gasteiger partial charge >= 0.3 is 0 Å². The van der Waals surface area contributed by atoms with Crippen LogP contribution in [0.4, 0.5) is 0 Å². The van der Waals surface area contributed by atoms with E-state index in [0.717, 1.165) is 29.1 Å². The summed E-state index contributed by atoms with van der Waals surface area (Å²) in [5.41, 5.74) is 8.41. The molecule has 2 heterocycles. The molecule has 110 valence electrons. The van der Waals surface area contributed by atoms with Crippen molar-refractivity contribution in [3.05, 3.63) is 42.0 Å². The highest BCUT2D eigenvalue weighted by molar-refractivity contribution is 5.75. The molecule has 0 saturated carbocycles. The summed E-state index contributed by atoms with van der Waals surface area (Å²) in [7, 11) is 1.70. The molecule has 2 aromatic heterocycles. The van der Waals surface area contributed by atoms with Gasteiger partial charge < -0.3 is 15.0 Å². The van der Waals surface area contributed by atoms with Crippen LogP contribution in [-0.2, 0) is 24.4 Å². The second-order valence-corrected chi connectivity index (χ2v) is 4.77. The van der Waals surface area contributed by atoms with E-state index in [-0.39, 0.29) is 0 Å². The lowest BCUT2D eigenvalue weighted by molar-refractivity contribution is 0.187. The van der Waals surface area contributed by atoms with Gasteiger partial charge in [0.1, 0.15) is 12.4 Å². The van der Waals surface area contributed by atoms with Crippen LogP contribution in [0.2, 0.25) is 0 Å². The van der Waals surface area contributed by atoms with Gasteiger partial charge in [-0.3, -0.25) is 0 Å². The van der Waals surface area contributed by atoms with E-state index in [1.807, 2.05) is 24.4 Å². The van der Waals surface area contributed by atoms with Gasteiger partial charge in [0.15, 0.2) is 0 Å². The Bertz CT molecular complexity index is 732. The zero-order valence-electron chi connectivity index (χ0n) is 11.9. The van der Waals surface area contributed by atoms with Crippen LogP contribution in [0.25, 0.3) is 11.0 Å². The Morgan fingerprint density at radius 2 is 2.14 bits per heavy atom. The number of nitrogens with zero attached hydrogens (tertiary/aromatic N) is 5. The second-order valence-electron chi connectivity index (χ2n) is 4.77. The van der Waals surface area contributed by atoms with Crippen molar-refractivity contribution in [3.8, 4) is 0 Å². The molecule has 3 rings (SSSR count). The molecule has 0 radical (unpaired) electrons. The van der Waals surface area contributed by atoms with Gasteiger partial charge in [0.2, 0.25) is 0 Å². The van der Waals surface area contributed by atoms with Crippen molar-refractivity contribution >= 4 is 11.0 Å². The SMILES string of the molecule is COCCn1c(Cn2cc(CN)nn2)nc2ccccc21. The average molecular weight is 286 g/mol. The fraction of sp³-hybridized carbons (Fsp3) is 0.357. The molecule has 1 aromatic carbocycles. The zero-order chi connectivity index (χ0) is 14.7. The predicted octanol–water partition coefficient (Wildman–Crippen LogP) is 0.781. The minimum absolute atomic E-state index is 0.389. The topological polar surface area (TPSA) is 83.8 Å². The molecule has 0 spiro atoms. The van der Waals surface area contributed by atoms with Crippen LogP contribution in [0.3, 0.4) is 0 Å². The monoisotopic (exact) mass is 286 g/mol. The van der Waals surface area contributed by atoms with Gasteiger partial charge in [-0.1, -0.05) is 17.3 Å². The van der Waals surface area contributed by atoms with Crippen molar-refractivity contribution < 1.29 is 4.74 Å². The van der Waals surface area contributed by atoms with E-state index < -0.39 is 0 Å². The van der Waals surface area contributed by atoms with E-state index in [1.54, 1.807) is 11.8 Å². The smallest absolute Gasteiger partial charge is 0.131 e. The number of rotatable bonds is 6. The molecule has 0 aliphatic carbocycles. The Labute approximate surface area is 122 Å². The van der Waals surface area contributed by atoms with Crippen LogP contribution in [0.15, 0.2) is 30.5 Å². The van der Waals surface area contributed by atoms with Gasteiger partial charge in [-0.05, 0) is 12.1 Å². The molecule has 0 aliphatic rings. The maximum absolute atomic E-state index is 5.56. The van der Waals surface area contributed by atoms with Gasteiger partial charge in [0, 0.05) is 20.2 Å². The van der Waals surface area contributed by atoms with Crippen molar-refractivity contribution in [2.24, 2.45) is 5.73 Å². The highest BCUT2D eigenvalue weighted by atomic mass is 16.5. The van der Waals surface area contributed by atoms with Crippen molar-refractivity contribution in [1.82, 2.24) is 24.5 Å². The van der Waals surface area contributed by atoms with Gasteiger partial charge in [0.25, 0.3) is 0 Å². The van der Waals surface area contributed by atoms with Gasteiger partial charge in [-0.25, -0.2) is 9.67 Å². The van der Waals surface area contributed by atoms with E-state index in [4.69, 9.17) is 10.5 Å². The Morgan fingerprint density at radius 1 is 1.29 bits per heavy atom. The van der Waals surface area contributed by atoms with Crippen LogP contribution in [0.1, 0.15) is 11.5 Å². The summed E-state index contributed by atoms with van der Waals surface area (Å²) < 4.78 is 9.10. The number of fused-ring (bicyclic) bond motifs is 1. The third-order valence-electron chi connectivity index (χ3n) is 3.35. The molecule has 2 N–H and O–H groups in total. The Hall–Kier alpha value is -2.25. The van der Waals surface area contributed by atoms with E-state index in [2.05, 4.69) is 25.9 Å². The van der Waals surface area contributed by atoms with Gasteiger partial charge in [-0.15, -0.1) is 5.10 Å². The maximum Gasteiger partial charge on any atom is 0.131 e. The fourth-order valence-corrected chi connectivity index (χ4v) is 2.33. The van der Waals surface area contributed by atoms with Crippen molar-refractivity contribution in [2.75, 3.05) is 13.7 Å². The van der Waals surface area contributed by atoms with Crippen LogP contribution < -0.4 is 5.73 Å². The number of methoxy groups -OCH3 is 1. The molecule has 21 heavy (non-hydrogen) atoms. The number of ether oxygens (including phenoxy) is 1. The molecule has 3 aromatic rings. The van der Waals surface area contributed by atoms with E-state index >= 15 is 0 Å². The molecule has 0 aliphatic heterocycles. The largest absolute Gasteiger partial charge is 0.383 e. The molecule has 0 bridgehead atoms. The van der Waals surface area contributed by atoms with Crippen molar-refractivity contribution in [2.45, 2.75) is 19.6 Å². The van der Waals surface area contributed by atoms with Gasteiger partial charge in [-0.2, -0.15) is 0 Å². The van der Waals surface area contributed by atoms with Crippen molar-refractivity contribution in [1.29, 1.82) is 0 Å². The number of benzene rings is 1. The van der Waals surface area contributed by atoms with E-state index in [0.29, 0.717) is 19.7 Å². The summed E-state index contributed by atoms with van der Waals surface area (Å²) in [6, 6.07) is 8.07. The highest BCUT2D eigenvalue weighted by Gasteiger charge is 2.11. The van der Waals surface area contributed by atoms with Gasteiger partial charge in [0.05, 0.1) is 29.5 Å². The summed E-state index contributed by atoms with van der Waals surface area (Å²) in [6.45, 7) is 2.34. The van der Waals surface area contributed by atoms with Crippen LogP contribution in [-0.4, -0.2) is 38.3 Å². The predicted molar refractivity (Wildman–Crippen MR) is 78.6 cm³/mol. The first-order chi connectivity index (χ1) is 10.3. The molecule has 0 atom stereocenters. The third kappa shape index (κ3) is 2.79. The van der Waals surface area contributed by atoms with Crippen LogP contribution in [0.5, 0.6) is 0 Å². The normalized spacial score (nSPS) is 11.3. The minimum Gasteiger partial charge on any atom is -0.383 e. The van der Waals surface area contributed by atoms with Crippen LogP contribution in [0, 0.1) is 0 Å². The fourth-order valence-electron chi connectivity index (χ4n) is 2.33. The molecule has 0 unspecified atom stereocenters. The number of para-hydroxylation sites is 2. The Kier molecular flexibility index (Phi) is 3.94. The molecule has 0 amide bonds. The second kappa shape index (κ2) is 6.02. The highest BCUT2D eigenvalue weighted by Crippen LogP contribution is 2.16. The zero-order valence-corrected chi connectivity index (χ0v) is 11.9.